The van der Waals surface area contributed by atoms with Crippen LogP contribution in [0.5, 0.6) is 0 Å². The van der Waals surface area contributed by atoms with Crippen LogP contribution in [0.15, 0.2) is 58.1 Å². The maximum atomic E-state index is 12.1. The molecule has 25 heavy (non-hydrogen) atoms. The van der Waals surface area contributed by atoms with Crippen molar-refractivity contribution in [2.75, 3.05) is 6.54 Å². The molecule has 4 aromatic rings. The first kappa shape index (κ1) is 14.9. The lowest BCUT2D eigenvalue weighted by Gasteiger charge is -2.02. The van der Waals surface area contributed by atoms with Gasteiger partial charge in [0.05, 0.1) is 12.8 Å². The Morgan fingerprint density at radius 2 is 2.20 bits per heavy atom. The van der Waals surface area contributed by atoms with E-state index in [1.807, 2.05) is 6.07 Å². The van der Waals surface area contributed by atoms with Crippen molar-refractivity contribution in [2.45, 2.75) is 6.54 Å². The van der Waals surface area contributed by atoms with Crippen molar-refractivity contribution in [3.05, 3.63) is 65.0 Å². The summed E-state index contributed by atoms with van der Waals surface area (Å²) < 4.78 is 8.01. The zero-order valence-corrected chi connectivity index (χ0v) is 13.0. The Kier molecular flexibility index (Phi) is 3.65. The number of nitrogens with one attached hydrogen (secondary N) is 2. The minimum atomic E-state index is -0.342. The molecule has 0 aromatic carbocycles. The number of carbonyl (C=O) groups is 1. The highest BCUT2D eigenvalue weighted by Gasteiger charge is 2.13. The van der Waals surface area contributed by atoms with Crippen LogP contribution in [0.2, 0.25) is 0 Å². The van der Waals surface area contributed by atoms with Crippen LogP contribution in [0.1, 0.15) is 10.5 Å². The van der Waals surface area contributed by atoms with E-state index < -0.39 is 0 Å². The molecule has 0 aliphatic rings. The van der Waals surface area contributed by atoms with Gasteiger partial charge in [0.15, 0.2) is 17.1 Å². The molecular formula is C16H14N6O3. The zero-order valence-electron chi connectivity index (χ0n) is 13.0. The second-order valence-electron chi connectivity index (χ2n) is 5.33. The summed E-state index contributed by atoms with van der Waals surface area (Å²) in [5.41, 5.74) is 1.18. The number of aromatic nitrogens is 5. The van der Waals surface area contributed by atoms with E-state index in [9.17, 15) is 9.59 Å². The van der Waals surface area contributed by atoms with Crippen LogP contribution < -0.4 is 11.0 Å². The average molecular weight is 338 g/mol. The van der Waals surface area contributed by atoms with Gasteiger partial charge in [-0.1, -0.05) is 6.07 Å². The third kappa shape index (κ3) is 2.82. The van der Waals surface area contributed by atoms with Gasteiger partial charge in [-0.3, -0.25) is 14.3 Å². The highest BCUT2D eigenvalue weighted by molar-refractivity contribution is 5.93. The fourth-order valence-electron chi connectivity index (χ4n) is 2.48. The molecule has 0 aliphatic carbocycles. The summed E-state index contributed by atoms with van der Waals surface area (Å²) in [5, 5.41) is 13.6. The van der Waals surface area contributed by atoms with Gasteiger partial charge in [0, 0.05) is 18.8 Å². The SMILES string of the molecule is O=C(NCCn1nc2ccccn2c1=O)c1cc(-c2ccco2)[nH]n1. The molecule has 0 bridgehead atoms. The molecule has 9 nitrogen and oxygen atoms in total. The predicted molar refractivity (Wildman–Crippen MR) is 88.1 cm³/mol. The Morgan fingerprint density at radius 3 is 3.00 bits per heavy atom. The van der Waals surface area contributed by atoms with Crippen molar-refractivity contribution in [2.24, 2.45) is 0 Å². The highest BCUT2D eigenvalue weighted by Crippen LogP contribution is 2.17. The van der Waals surface area contributed by atoms with Gasteiger partial charge in [-0.25, -0.2) is 9.48 Å². The first-order valence-electron chi connectivity index (χ1n) is 7.64. The Bertz CT molecular complexity index is 1070. The van der Waals surface area contributed by atoms with E-state index in [0.29, 0.717) is 17.1 Å². The van der Waals surface area contributed by atoms with E-state index in [1.54, 1.807) is 42.8 Å². The Balaban J connectivity index is 1.40. The number of carbonyl (C=O) groups excluding carboxylic acids is 1. The molecule has 126 valence electrons. The lowest BCUT2D eigenvalue weighted by atomic mass is 10.3. The van der Waals surface area contributed by atoms with E-state index in [4.69, 9.17) is 4.42 Å². The van der Waals surface area contributed by atoms with Crippen LogP contribution >= 0.6 is 0 Å². The van der Waals surface area contributed by atoms with Crippen molar-refractivity contribution in [1.29, 1.82) is 0 Å². The third-order valence-corrected chi connectivity index (χ3v) is 3.69. The smallest absolute Gasteiger partial charge is 0.350 e. The monoisotopic (exact) mass is 338 g/mol. The molecule has 4 heterocycles. The van der Waals surface area contributed by atoms with Crippen molar-refractivity contribution in [3.8, 4) is 11.5 Å². The Hall–Kier alpha value is -3.62. The number of nitrogens with zero attached hydrogens (tertiary/aromatic N) is 4. The molecule has 0 aliphatic heterocycles. The molecule has 0 radical (unpaired) electrons. The van der Waals surface area contributed by atoms with Gasteiger partial charge in [0.25, 0.3) is 5.91 Å². The molecule has 1 amide bonds. The fourth-order valence-corrected chi connectivity index (χ4v) is 2.48. The van der Waals surface area contributed by atoms with Crippen LogP contribution in [0.4, 0.5) is 0 Å². The first-order chi connectivity index (χ1) is 12.2. The quantitative estimate of drug-likeness (QED) is 0.562. The van der Waals surface area contributed by atoms with Gasteiger partial charge in [0.1, 0.15) is 5.69 Å². The number of H-pyrrole nitrogens is 1. The number of aromatic amines is 1. The van der Waals surface area contributed by atoms with E-state index in [0.717, 1.165) is 0 Å². The number of hydrogen-bond acceptors (Lipinski definition) is 5. The van der Waals surface area contributed by atoms with Gasteiger partial charge in [-0.05, 0) is 24.3 Å². The van der Waals surface area contributed by atoms with Crippen molar-refractivity contribution >= 4 is 11.6 Å². The number of rotatable bonds is 5. The molecule has 0 atom stereocenters. The third-order valence-electron chi connectivity index (χ3n) is 3.69. The van der Waals surface area contributed by atoms with Crippen LogP contribution in [-0.2, 0) is 6.54 Å². The summed E-state index contributed by atoms with van der Waals surface area (Å²) in [7, 11) is 0. The van der Waals surface area contributed by atoms with E-state index in [2.05, 4.69) is 20.6 Å². The molecular weight excluding hydrogens is 324 g/mol. The van der Waals surface area contributed by atoms with Gasteiger partial charge < -0.3 is 9.73 Å². The Morgan fingerprint density at radius 1 is 1.28 bits per heavy atom. The second kappa shape index (κ2) is 6.11. The lowest BCUT2D eigenvalue weighted by molar-refractivity contribution is 0.0947. The number of fused-ring (bicyclic) bond motifs is 1. The normalized spacial score (nSPS) is 11.0. The van der Waals surface area contributed by atoms with Crippen LogP contribution in [0.3, 0.4) is 0 Å². The second-order valence-corrected chi connectivity index (χ2v) is 5.33. The van der Waals surface area contributed by atoms with Crippen LogP contribution in [0.25, 0.3) is 17.1 Å². The summed E-state index contributed by atoms with van der Waals surface area (Å²) >= 11 is 0. The molecule has 9 heteroatoms. The summed E-state index contributed by atoms with van der Waals surface area (Å²) in [4.78, 5) is 24.3. The standard InChI is InChI=1S/C16H14N6O3/c23-15(12-10-11(18-19-12)13-4-3-9-25-13)17-6-8-22-16(24)21-7-2-1-5-14(21)20-22/h1-5,7,9-10H,6,8H2,(H,17,23)(H,18,19). The van der Waals surface area contributed by atoms with Crippen molar-refractivity contribution < 1.29 is 9.21 Å². The summed E-state index contributed by atoms with van der Waals surface area (Å²) in [6.45, 7) is 0.521. The van der Waals surface area contributed by atoms with E-state index >= 15 is 0 Å². The zero-order chi connectivity index (χ0) is 17.2. The predicted octanol–water partition coefficient (Wildman–Crippen LogP) is 0.909. The van der Waals surface area contributed by atoms with E-state index in [-0.39, 0.29) is 30.4 Å². The molecule has 0 saturated carbocycles. The van der Waals surface area contributed by atoms with Gasteiger partial charge in [-0.2, -0.15) is 5.10 Å². The maximum Gasteiger partial charge on any atom is 0.350 e. The average Bonchev–Trinajstić information content (AvgIpc) is 3.35. The highest BCUT2D eigenvalue weighted by atomic mass is 16.3. The molecule has 4 aromatic heterocycles. The number of amides is 1. The molecule has 0 spiro atoms. The topological polar surface area (TPSA) is 110 Å². The summed E-state index contributed by atoms with van der Waals surface area (Å²) in [5.74, 6) is 0.258. The lowest BCUT2D eigenvalue weighted by Crippen LogP contribution is -2.31. The van der Waals surface area contributed by atoms with Crippen molar-refractivity contribution in [1.82, 2.24) is 29.7 Å². The minimum Gasteiger partial charge on any atom is -0.463 e. The Labute approximate surface area is 140 Å². The number of pyridine rings is 1. The fraction of sp³-hybridized carbons (Fsp3) is 0.125. The van der Waals surface area contributed by atoms with Crippen LogP contribution in [0, 0.1) is 0 Å². The maximum absolute atomic E-state index is 12.1. The van der Waals surface area contributed by atoms with Crippen molar-refractivity contribution in [3.63, 3.8) is 0 Å². The molecule has 0 saturated heterocycles. The molecule has 4 rings (SSSR count). The number of hydrogen-bond donors (Lipinski definition) is 2. The minimum absolute atomic E-state index is 0.244. The largest absolute Gasteiger partial charge is 0.463 e. The van der Waals surface area contributed by atoms with Gasteiger partial charge in [0.2, 0.25) is 0 Å². The summed E-state index contributed by atoms with van der Waals surface area (Å²) in [6.07, 6.45) is 3.20. The van der Waals surface area contributed by atoms with Crippen LogP contribution in [-0.4, -0.2) is 36.8 Å². The molecule has 0 unspecified atom stereocenters. The first-order valence-corrected chi connectivity index (χ1v) is 7.64. The van der Waals surface area contributed by atoms with Gasteiger partial charge >= 0.3 is 5.69 Å². The molecule has 0 fully saturated rings. The molecule has 2 N–H and O–H groups in total. The summed E-state index contributed by atoms with van der Waals surface area (Å²) in [6, 6.07) is 10.4. The van der Waals surface area contributed by atoms with E-state index in [1.165, 1.54) is 9.08 Å². The van der Waals surface area contributed by atoms with Gasteiger partial charge in [-0.15, -0.1) is 5.10 Å². The number of furan rings is 1.